The van der Waals surface area contributed by atoms with Crippen LogP contribution in [0.5, 0.6) is 11.5 Å². The minimum Gasteiger partial charge on any atom is -0.493 e. The van der Waals surface area contributed by atoms with Crippen LogP contribution in [0.2, 0.25) is 0 Å². The fraction of sp³-hybridized carbons (Fsp3) is 0.571. The van der Waals surface area contributed by atoms with E-state index in [9.17, 15) is 4.79 Å². The van der Waals surface area contributed by atoms with E-state index in [1.807, 2.05) is 25.1 Å². The van der Waals surface area contributed by atoms with Gasteiger partial charge in [0.1, 0.15) is 0 Å². The van der Waals surface area contributed by atoms with Gasteiger partial charge in [0.2, 0.25) is 5.91 Å². The highest BCUT2D eigenvalue weighted by Crippen LogP contribution is 2.33. The van der Waals surface area contributed by atoms with Crippen LogP contribution in [0.25, 0.3) is 0 Å². The lowest BCUT2D eigenvalue weighted by Crippen LogP contribution is -2.27. The third-order valence-corrected chi connectivity index (χ3v) is 5.22. The molecule has 1 amide bonds. The van der Waals surface area contributed by atoms with Gasteiger partial charge in [-0.15, -0.1) is 0 Å². The van der Waals surface area contributed by atoms with Crippen LogP contribution in [0, 0.1) is 5.92 Å². The molecule has 0 spiro atoms. The lowest BCUT2D eigenvalue weighted by molar-refractivity contribution is -0.122. The standard InChI is InChI=1S/C21H29NO3/c1-15(22-21(23)13-16-7-3-4-8-16)17-11-12-19(20(14-17)24-2)25-18-9-5-6-10-18/h3,7,11-12,14-16,18H,4-6,8-10,13H2,1-2H3,(H,22,23)/t15-,16-/m0/s1. The summed E-state index contributed by atoms with van der Waals surface area (Å²) >= 11 is 0. The first-order valence-corrected chi connectivity index (χ1v) is 9.46. The number of amides is 1. The maximum absolute atomic E-state index is 12.2. The molecule has 0 radical (unpaired) electrons. The molecule has 1 aromatic carbocycles. The van der Waals surface area contributed by atoms with Crippen LogP contribution >= 0.6 is 0 Å². The molecule has 0 saturated heterocycles. The van der Waals surface area contributed by atoms with Crippen molar-refractivity contribution >= 4 is 5.91 Å². The molecule has 3 rings (SSSR count). The summed E-state index contributed by atoms with van der Waals surface area (Å²) in [5.41, 5.74) is 1.03. The fourth-order valence-corrected chi connectivity index (χ4v) is 3.72. The Morgan fingerprint density at radius 3 is 2.72 bits per heavy atom. The van der Waals surface area contributed by atoms with Crippen molar-refractivity contribution < 1.29 is 14.3 Å². The van der Waals surface area contributed by atoms with E-state index in [2.05, 4.69) is 17.5 Å². The SMILES string of the molecule is COc1cc([C@H](C)NC(=O)C[C@H]2C=CCC2)ccc1OC1CCCC1. The fourth-order valence-electron chi connectivity index (χ4n) is 3.72. The Labute approximate surface area is 150 Å². The smallest absolute Gasteiger partial charge is 0.221 e. The summed E-state index contributed by atoms with van der Waals surface area (Å²) in [6, 6.07) is 5.92. The van der Waals surface area contributed by atoms with Crippen molar-refractivity contribution in [1.82, 2.24) is 5.32 Å². The lowest BCUT2D eigenvalue weighted by atomic mass is 10.0. The zero-order chi connectivity index (χ0) is 17.6. The van der Waals surface area contributed by atoms with Crippen molar-refractivity contribution in [2.75, 3.05) is 7.11 Å². The van der Waals surface area contributed by atoms with Gasteiger partial charge in [-0.05, 0) is 69.1 Å². The van der Waals surface area contributed by atoms with Crippen LogP contribution in [0.4, 0.5) is 0 Å². The zero-order valence-electron chi connectivity index (χ0n) is 15.3. The Morgan fingerprint density at radius 1 is 1.24 bits per heavy atom. The molecular formula is C21H29NO3. The second-order valence-corrected chi connectivity index (χ2v) is 7.19. The van der Waals surface area contributed by atoms with Crippen LogP contribution in [-0.4, -0.2) is 19.1 Å². The number of rotatable bonds is 7. The molecule has 0 unspecified atom stereocenters. The average Bonchev–Trinajstić information content (AvgIpc) is 3.29. The Bertz CT molecular complexity index is 620. The molecule has 2 atom stereocenters. The molecule has 1 saturated carbocycles. The highest BCUT2D eigenvalue weighted by molar-refractivity contribution is 5.77. The Kier molecular flexibility index (Phi) is 6.00. The maximum atomic E-state index is 12.2. The number of allylic oxidation sites excluding steroid dienone is 2. The van der Waals surface area contributed by atoms with Crippen LogP contribution in [0.1, 0.15) is 63.5 Å². The van der Waals surface area contributed by atoms with Gasteiger partial charge >= 0.3 is 0 Å². The Hall–Kier alpha value is -1.97. The van der Waals surface area contributed by atoms with Gasteiger partial charge in [-0.3, -0.25) is 4.79 Å². The maximum Gasteiger partial charge on any atom is 0.221 e. The van der Waals surface area contributed by atoms with Gasteiger partial charge in [-0.2, -0.15) is 0 Å². The average molecular weight is 343 g/mol. The van der Waals surface area contributed by atoms with Crippen LogP contribution in [0.15, 0.2) is 30.4 Å². The van der Waals surface area contributed by atoms with Crippen LogP contribution in [-0.2, 0) is 4.79 Å². The summed E-state index contributed by atoms with van der Waals surface area (Å²) in [5.74, 6) is 2.04. The van der Waals surface area contributed by atoms with Crippen molar-refractivity contribution in [2.24, 2.45) is 5.92 Å². The number of ether oxygens (including phenoxy) is 2. The molecule has 2 aliphatic carbocycles. The zero-order valence-corrected chi connectivity index (χ0v) is 15.3. The Morgan fingerprint density at radius 2 is 2.04 bits per heavy atom. The summed E-state index contributed by atoms with van der Waals surface area (Å²) in [4.78, 5) is 12.2. The molecule has 2 aliphatic rings. The number of methoxy groups -OCH3 is 1. The number of benzene rings is 1. The van der Waals surface area contributed by atoms with Crippen molar-refractivity contribution in [3.05, 3.63) is 35.9 Å². The first-order valence-electron chi connectivity index (χ1n) is 9.46. The molecule has 1 N–H and O–H groups in total. The first kappa shape index (κ1) is 17.8. The van der Waals surface area contributed by atoms with E-state index in [4.69, 9.17) is 9.47 Å². The third-order valence-electron chi connectivity index (χ3n) is 5.22. The van der Waals surface area contributed by atoms with Crippen LogP contribution < -0.4 is 14.8 Å². The highest BCUT2D eigenvalue weighted by atomic mass is 16.5. The minimum atomic E-state index is -0.0488. The van der Waals surface area contributed by atoms with E-state index < -0.39 is 0 Å². The third kappa shape index (κ3) is 4.77. The lowest BCUT2D eigenvalue weighted by Gasteiger charge is -2.19. The molecule has 0 heterocycles. The molecule has 0 aromatic heterocycles. The van der Waals surface area contributed by atoms with E-state index in [0.29, 0.717) is 18.4 Å². The molecular weight excluding hydrogens is 314 g/mol. The molecule has 1 fully saturated rings. The van der Waals surface area contributed by atoms with Crippen molar-refractivity contribution in [1.29, 1.82) is 0 Å². The second-order valence-electron chi connectivity index (χ2n) is 7.19. The minimum absolute atomic E-state index is 0.0488. The molecule has 136 valence electrons. The molecule has 4 nitrogen and oxygen atoms in total. The quantitative estimate of drug-likeness (QED) is 0.739. The summed E-state index contributed by atoms with van der Waals surface area (Å²) in [5, 5.41) is 3.10. The normalized spacial score (nSPS) is 21.3. The van der Waals surface area contributed by atoms with Gasteiger partial charge in [-0.1, -0.05) is 18.2 Å². The number of carbonyl (C=O) groups excluding carboxylic acids is 1. The second kappa shape index (κ2) is 8.41. The predicted octanol–water partition coefficient (Wildman–Crippen LogP) is 4.55. The van der Waals surface area contributed by atoms with E-state index in [-0.39, 0.29) is 11.9 Å². The van der Waals surface area contributed by atoms with Crippen LogP contribution in [0.3, 0.4) is 0 Å². The van der Waals surface area contributed by atoms with Crippen molar-refractivity contribution in [3.63, 3.8) is 0 Å². The van der Waals surface area contributed by atoms with Gasteiger partial charge in [-0.25, -0.2) is 0 Å². The molecule has 0 aliphatic heterocycles. The van der Waals surface area contributed by atoms with Crippen molar-refractivity contribution in [3.8, 4) is 11.5 Å². The summed E-state index contributed by atoms with van der Waals surface area (Å²) in [7, 11) is 1.66. The molecule has 4 heteroatoms. The summed E-state index contributed by atoms with van der Waals surface area (Å²) in [6.07, 6.45) is 12.1. The van der Waals surface area contributed by atoms with E-state index in [0.717, 1.165) is 42.7 Å². The largest absolute Gasteiger partial charge is 0.493 e. The highest BCUT2D eigenvalue weighted by Gasteiger charge is 2.20. The Balaban J connectivity index is 1.60. The van der Waals surface area contributed by atoms with Crippen molar-refractivity contribution in [2.45, 2.75) is 64.0 Å². The first-order chi connectivity index (χ1) is 12.2. The van der Waals surface area contributed by atoms with Gasteiger partial charge in [0.25, 0.3) is 0 Å². The van der Waals surface area contributed by atoms with Gasteiger partial charge in [0.05, 0.1) is 19.3 Å². The summed E-state index contributed by atoms with van der Waals surface area (Å²) in [6.45, 7) is 2.01. The van der Waals surface area contributed by atoms with Gasteiger partial charge in [0.15, 0.2) is 11.5 Å². The topological polar surface area (TPSA) is 47.6 Å². The molecule has 1 aromatic rings. The van der Waals surface area contributed by atoms with E-state index in [1.54, 1.807) is 7.11 Å². The number of hydrogen-bond acceptors (Lipinski definition) is 3. The number of nitrogens with one attached hydrogen (secondary N) is 1. The molecule has 0 bridgehead atoms. The van der Waals surface area contributed by atoms with Gasteiger partial charge < -0.3 is 14.8 Å². The number of carbonyl (C=O) groups is 1. The predicted molar refractivity (Wildman–Crippen MR) is 98.9 cm³/mol. The molecule has 25 heavy (non-hydrogen) atoms. The number of hydrogen-bond donors (Lipinski definition) is 1. The van der Waals surface area contributed by atoms with Gasteiger partial charge in [0, 0.05) is 6.42 Å². The monoisotopic (exact) mass is 343 g/mol. The van der Waals surface area contributed by atoms with E-state index in [1.165, 1.54) is 12.8 Å². The van der Waals surface area contributed by atoms with E-state index >= 15 is 0 Å². The summed E-state index contributed by atoms with van der Waals surface area (Å²) < 4.78 is 11.6.